The van der Waals surface area contributed by atoms with Crippen molar-refractivity contribution in [3.05, 3.63) is 69.2 Å². The van der Waals surface area contributed by atoms with Gasteiger partial charge in [-0.1, -0.05) is 29.8 Å². The minimum atomic E-state index is -0.272. The second kappa shape index (κ2) is 6.93. The highest BCUT2D eigenvalue weighted by Gasteiger charge is 2.18. The molecular formula is C20H15ClN6O. The molecule has 2 heterocycles. The largest absolute Gasteiger partial charge is 0.325 e. The van der Waals surface area contributed by atoms with Crippen molar-refractivity contribution in [1.82, 2.24) is 20.0 Å². The summed E-state index contributed by atoms with van der Waals surface area (Å²) < 4.78 is 1.70. The Morgan fingerprint density at radius 1 is 1.25 bits per heavy atom. The maximum Gasteiger partial charge on any atom is 0.272 e. The van der Waals surface area contributed by atoms with Gasteiger partial charge in [-0.3, -0.25) is 9.48 Å². The van der Waals surface area contributed by atoms with Crippen molar-refractivity contribution in [2.24, 2.45) is 12.8 Å². The number of aromatic nitrogens is 4. The van der Waals surface area contributed by atoms with E-state index in [1.54, 1.807) is 36.1 Å². The number of nitriles is 1. The third-order valence-electron chi connectivity index (χ3n) is 4.69. The van der Waals surface area contributed by atoms with E-state index in [0.29, 0.717) is 32.6 Å². The smallest absolute Gasteiger partial charge is 0.272 e. The first-order chi connectivity index (χ1) is 13.5. The summed E-state index contributed by atoms with van der Waals surface area (Å²) in [5.41, 5.74) is 9.58. The molecule has 0 aliphatic rings. The zero-order chi connectivity index (χ0) is 19.8. The third-order valence-corrected chi connectivity index (χ3v) is 5.01. The van der Waals surface area contributed by atoms with Gasteiger partial charge in [0, 0.05) is 30.1 Å². The van der Waals surface area contributed by atoms with E-state index in [-0.39, 0.29) is 12.1 Å². The molecule has 0 radical (unpaired) electrons. The monoisotopic (exact) mass is 390 g/mol. The normalized spacial score (nSPS) is 10.9. The summed E-state index contributed by atoms with van der Waals surface area (Å²) in [5, 5.41) is 22.0. The van der Waals surface area contributed by atoms with Crippen LogP contribution in [0.2, 0.25) is 5.02 Å². The van der Waals surface area contributed by atoms with E-state index in [2.05, 4.69) is 21.4 Å². The van der Waals surface area contributed by atoms with Gasteiger partial charge in [-0.25, -0.2) is 5.10 Å². The molecule has 138 valence electrons. The van der Waals surface area contributed by atoms with E-state index in [1.807, 2.05) is 18.2 Å². The average Bonchev–Trinajstić information content (AvgIpc) is 3.09. The van der Waals surface area contributed by atoms with Crippen LogP contribution in [0.25, 0.3) is 33.2 Å². The molecule has 7 nitrogen and oxygen atoms in total. The molecule has 4 aromatic rings. The molecule has 2 aromatic carbocycles. The van der Waals surface area contributed by atoms with Crippen molar-refractivity contribution >= 4 is 22.4 Å². The topological polar surface area (TPSA) is 113 Å². The number of halogens is 1. The fourth-order valence-corrected chi connectivity index (χ4v) is 3.56. The number of nitrogens with two attached hydrogens (primary N) is 1. The molecule has 0 atom stereocenters. The third kappa shape index (κ3) is 2.76. The van der Waals surface area contributed by atoms with Gasteiger partial charge in [-0.2, -0.15) is 15.5 Å². The molecule has 0 amide bonds. The lowest BCUT2D eigenvalue weighted by molar-refractivity contribution is 0.776. The highest BCUT2D eigenvalue weighted by molar-refractivity contribution is 6.32. The van der Waals surface area contributed by atoms with Crippen LogP contribution in [0, 0.1) is 11.3 Å². The van der Waals surface area contributed by atoms with Crippen LogP contribution in [-0.2, 0) is 13.6 Å². The number of H-pyrrole nitrogens is 1. The molecule has 0 fully saturated rings. The molecule has 0 spiro atoms. The molecule has 0 aliphatic carbocycles. The van der Waals surface area contributed by atoms with Gasteiger partial charge in [-0.15, -0.1) is 0 Å². The fourth-order valence-electron chi connectivity index (χ4n) is 3.35. The van der Waals surface area contributed by atoms with Crippen LogP contribution in [0.3, 0.4) is 0 Å². The Kier molecular flexibility index (Phi) is 4.43. The first-order valence-electron chi connectivity index (χ1n) is 8.48. The van der Waals surface area contributed by atoms with Crippen LogP contribution in [0.1, 0.15) is 11.3 Å². The van der Waals surface area contributed by atoms with Crippen molar-refractivity contribution in [2.45, 2.75) is 6.54 Å². The number of hydrogen-bond acceptors (Lipinski definition) is 5. The summed E-state index contributed by atoms with van der Waals surface area (Å²) in [6.45, 7) is 0.198. The Morgan fingerprint density at radius 3 is 2.82 bits per heavy atom. The van der Waals surface area contributed by atoms with Crippen LogP contribution in [0.4, 0.5) is 0 Å². The lowest BCUT2D eigenvalue weighted by Crippen LogP contribution is -2.13. The molecule has 28 heavy (non-hydrogen) atoms. The van der Waals surface area contributed by atoms with E-state index in [1.165, 1.54) is 0 Å². The summed E-state index contributed by atoms with van der Waals surface area (Å²) in [6.07, 6.45) is 1.72. The maximum atomic E-state index is 12.1. The minimum Gasteiger partial charge on any atom is -0.325 e. The number of rotatable bonds is 3. The van der Waals surface area contributed by atoms with Gasteiger partial charge in [0.15, 0.2) is 0 Å². The summed E-state index contributed by atoms with van der Waals surface area (Å²) in [7, 11) is 1.81. The minimum absolute atomic E-state index is 0.198. The Bertz CT molecular complexity index is 1310. The number of hydrogen-bond donors (Lipinski definition) is 2. The molecule has 0 aliphatic heterocycles. The van der Waals surface area contributed by atoms with Gasteiger partial charge in [0.1, 0.15) is 6.07 Å². The van der Waals surface area contributed by atoms with Crippen LogP contribution in [0.5, 0.6) is 0 Å². The Morgan fingerprint density at radius 2 is 2.07 bits per heavy atom. The van der Waals surface area contributed by atoms with Crippen molar-refractivity contribution < 1.29 is 0 Å². The zero-order valence-corrected chi connectivity index (χ0v) is 15.7. The number of benzene rings is 2. The van der Waals surface area contributed by atoms with Crippen LogP contribution in [-0.4, -0.2) is 20.0 Å². The lowest BCUT2D eigenvalue weighted by Gasteiger charge is -2.11. The Labute approximate surface area is 165 Å². The quantitative estimate of drug-likeness (QED) is 0.558. The van der Waals surface area contributed by atoms with Crippen LogP contribution in [0.15, 0.2) is 47.4 Å². The first kappa shape index (κ1) is 17.9. The predicted molar refractivity (Wildman–Crippen MR) is 108 cm³/mol. The Balaban J connectivity index is 2.00. The molecule has 0 saturated heterocycles. The zero-order valence-electron chi connectivity index (χ0n) is 14.9. The van der Waals surface area contributed by atoms with E-state index < -0.39 is 0 Å². The SMILES string of the molecule is Cn1ncc(-c2ccc3c(=O)[nH]nc(CN)c3c2)c1-c1cccc(Cl)c1C#N. The van der Waals surface area contributed by atoms with Crippen molar-refractivity contribution in [1.29, 1.82) is 5.26 Å². The van der Waals surface area contributed by atoms with Gasteiger partial charge < -0.3 is 5.73 Å². The summed E-state index contributed by atoms with van der Waals surface area (Å²) in [6, 6.07) is 12.9. The van der Waals surface area contributed by atoms with Crippen molar-refractivity contribution in [2.75, 3.05) is 0 Å². The molecule has 2 aromatic heterocycles. The van der Waals surface area contributed by atoms with Gasteiger partial charge in [0.05, 0.1) is 33.6 Å². The van der Waals surface area contributed by atoms with E-state index in [9.17, 15) is 10.1 Å². The van der Waals surface area contributed by atoms with Gasteiger partial charge in [-0.05, 0) is 23.8 Å². The van der Waals surface area contributed by atoms with E-state index in [0.717, 1.165) is 16.8 Å². The molecule has 0 unspecified atom stereocenters. The van der Waals surface area contributed by atoms with E-state index in [4.69, 9.17) is 17.3 Å². The number of aryl methyl sites for hydroxylation is 1. The van der Waals surface area contributed by atoms with Crippen LogP contribution >= 0.6 is 11.6 Å². The second-order valence-corrected chi connectivity index (χ2v) is 6.68. The van der Waals surface area contributed by atoms with E-state index >= 15 is 0 Å². The molecule has 8 heteroatoms. The van der Waals surface area contributed by atoms with Gasteiger partial charge in [0.2, 0.25) is 0 Å². The summed E-state index contributed by atoms with van der Waals surface area (Å²) >= 11 is 6.22. The molecule has 3 N–H and O–H groups in total. The maximum absolute atomic E-state index is 12.1. The molecule has 0 saturated carbocycles. The van der Waals surface area contributed by atoms with Crippen molar-refractivity contribution in [3.63, 3.8) is 0 Å². The number of aromatic amines is 1. The lowest BCUT2D eigenvalue weighted by atomic mass is 9.96. The standard InChI is InChI=1S/C20H15ClN6O/c1-27-19(12-3-2-4-17(21)15(12)8-22)16(10-24-27)11-5-6-13-14(7-11)18(9-23)25-26-20(13)28/h2-7,10H,9,23H2,1H3,(H,26,28). The molecular weight excluding hydrogens is 376 g/mol. The first-order valence-corrected chi connectivity index (χ1v) is 8.85. The second-order valence-electron chi connectivity index (χ2n) is 6.27. The molecule has 4 rings (SSSR count). The van der Waals surface area contributed by atoms with Crippen molar-refractivity contribution in [3.8, 4) is 28.5 Å². The highest BCUT2D eigenvalue weighted by Crippen LogP contribution is 2.36. The fraction of sp³-hybridized carbons (Fsp3) is 0.100. The highest BCUT2D eigenvalue weighted by atomic mass is 35.5. The van der Waals surface area contributed by atoms with Gasteiger partial charge >= 0.3 is 0 Å². The number of nitrogens with zero attached hydrogens (tertiary/aromatic N) is 4. The predicted octanol–water partition coefficient (Wildman–Crippen LogP) is 2.97. The number of fused-ring (bicyclic) bond motifs is 1. The van der Waals surface area contributed by atoms with Gasteiger partial charge in [0.25, 0.3) is 5.56 Å². The van der Waals surface area contributed by atoms with Crippen LogP contribution < -0.4 is 11.3 Å². The number of nitrogens with one attached hydrogen (secondary N) is 1. The molecule has 0 bridgehead atoms. The summed E-state index contributed by atoms with van der Waals surface area (Å²) in [4.78, 5) is 12.1. The summed E-state index contributed by atoms with van der Waals surface area (Å²) in [5.74, 6) is 0. The average molecular weight is 391 g/mol. The Hall–Kier alpha value is -3.47.